The molecule has 10 heteroatoms. The van der Waals surface area contributed by atoms with Gasteiger partial charge in [0.15, 0.2) is 0 Å². The molecule has 1 unspecified atom stereocenters. The summed E-state index contributed by atoms with van der Waals surface area (Å²) in [6.45, 7) is 0. The summed E-state index contributed by atoms with van der Waals surface area (Å²) in [5, 5.41) is 4.95. The molecule has 2 N–H and O–H groups in total. The van der Waals surface area contributed by atoms with Crippen LogP contribution < -0.4 is 10.6 Å². The largest absolute Gasteiger partial charge is 0.469 e. The third-order valence-corrected chi connectivity index (χ3v) is 4.33. The lowest BCUT2D eigenvalue weighted by Gasteiger charge is -2.23. The number of carbonyl (C=O) groups is 3. The van der Waals surface area contributed by atoms with Crippen molar-refractivity contribution in [2.45, 2.75) is 18.3 Å². The molecule has 0 aliphatic heterocycles. The Labute approximate surface area is 164 Å². The van der Waals surface area contributed by atoms with Crippen molar-refractivity contribution in [3.8, 4) is 0 Å². The number of methoxy groups -OCH3 is 2. The van der Waals surface area contributed by atoms with Crippen LogP contribution in [-0.4, -0.2) is 43.9 Å². The summed E-state index contributed by atoms with van der Waals surface area (Å²) in [5.41, 5.74) is 0.0934. The Hall–Kier alpha value is -2.16. The number of alkyl halides is 1. The molecule has 1 aromatic rings. The highest BCUT2D eigenvalue weighted by Crippen LogP contribution is 2.25. The van der Waals surface area contributed by atoms with Crippen molar-refractivity contribution >= 4 is 46.7 Å². The Kier molecular flexibility index (Phi) is 6.80. The first-order chi connectivity index (χ1) is 12.7. The van der Waals surface area contributed by atoms with E-state index in [0.717, 1.165) is 7.11 Å². The average molecular weight is 419 g/mol. The Morgan fingerprint density at radius 1 is 1.11 bits per heavy atom. The molecule has 0 heterocycles. The van der Waals surface area contributed by atoms with Crippen LogP contribution in [0.4, 0.5) is 10.1 Å². The molecule has 1 aliphatic carbocycles. The number of rotatable bonds is 6. The first-order valence-corrected chi connectivity index (χ1v) is 8.54. The fourth-order valence-electron chi connectivity index (χ4n) is 2.52. The zero-order valence-corrected chi connectivity index (χ0v) is 15.9. The summed E-state index contributed by atoms with van der Waals surface area (Å²) in [7, 11) is 2.12. The Bertz CT molecular complexity index is 768. The maximum atomic E-state index is 14.9. The van der Waals surface area contributed by atoms with Gasteiger partial charge in [0.1, 0.15) is 0 Å². The van der Waals surface area contributed by atoms with Crippen molar-refractivity contribution in [3.05, 3.63) is 40.4 Å². The van der Waals surface area contributed by atoms with Crippen LogP contribution in [0.2, 0.25) is 10.0 Å². The monoisotopic (exact) mass is 418 g/mol. The summed E-state index contributed by atoms with van der Waals surface area (Å²) >= 11 is 11.6. The minimum absolute atomic E-state index is 0.0934. The first kappa shape index (κ1) is 21.1. The minimum atomic E-state index is -3.30. The Balaban J connectivity index is 2.06. The number of nitrogens with one attached hydrogen (secondary N) is 2. The van der Waals surface area contributed by atoms with Crippen LogP contribution in [0, 0.1) is 5.92 Å². The zero-order valence-electron chi connectivity index (χ0n) is 14.4. The molecule has 1 aromatic carbocycles. The van der Waals surface area contributed by atoms with Gasteiger partial charge >= 0.3 is 11.8 Å². The average Bonchev–Trinajstić information content (AvgIpc) is 3.07. The van der Waals surface area contributed by atoms with Crippen LogP contribution in [0.15, 0.2) is 30.4 Å². The number of halogens is 3. The van der Waals surface area contributed by atoms with Gasteiger partial charge in [0.05, 0.1) is 13.0 Å². The van der Waals surface area contributed by atoms with E-state index in [4.69, 9.17) is 23.2 Å². The summed E-state index contributed by atoms with van der Waals surface area (Å²) in [6.07, 6.45) is 3.24. The van der Waals surface area contributed by atoms with Crippen molar-refractivity contribution in [2.75, 3.05) is 19.5 Å². The second-order valence-electron chi connectivity index (χ2n) is 5.74. The third-order valence-electron chi connectivity index (χ3n) is 3.89. The molecule has 7 nitrogen and oxygen atoms in total. The van der Waals surface area contributed by atoms with Gasteiger partial charge in [0.25, 0.3) is 11.8 Å². The molecule has 0 aromatic heterocycles. The van der Waals surface area contributed by atoms with E-state index >= 15 is 0 Å². The zero-order chi connectivity index (χ0) is 20.2. The highest BCUT2D eigenvalue weighted by atomic mass is 35.5. The molecule has 0 spiro atoms. The lowest BCUT2D eigenvalue weighted by atomic mass is 10.1. The number of hydrogen-bond donors (Lipinski definition) is 2. The van der Waals surface area contributed by atoms with Gasteiger partial charge in [-0.05, 0) is 24.6 Å². The van der Waals surface area contributed by atoms with Crippen molar-refractivity contribution in [2.24, 2.45) is 5.92 Å². The predicted octanol–water partition coefficient (Wildman–Crippen LogP) is 2.48. The molecule has 0 fully saturated rings. The molecule has 0 bridgehead atoms. The standard InChI is InChI=1S/C17H17Cl2FN2O5/c1-26-14(23)9-3-4-12(5-9)21-15(24)17(20,27-2)16(25)22-13-7-10(18)6-11(19)8-13/h3-4,6-9,12H,5H2,1-2H3,(H,21,24)(H,22,25)/t9-,12+,17?/m1/s1. The molecule has 3 atom stereocenters. The quantitative estimate of drug-likeness (QED) is 0.420. The molecule has 0 radical (unpaired) electrons. The van der Waals surface area contributed by atoms with Gasteiger partial charge in [0.2, 0.25) is 0 Å². The van der Waals surface area contributed by atoms with Gasteiger partial charge in [-0.3, -0.25) is 14.4 Å². The number of ether oxygens (including phenoxy) is 2. The van der Waals surface area contributed by atoms with Crippen molar-refractivity contribution in [1.29, 1.82) is 0 Å². The predicted molar refractivity (Wildman–Crippen MR) is 97.1 cm³/mol. The van der Waals surface area contributed by atoms with Gasteiger partial charge in [-0.1, -0.05) is 35.4 Å². The molecule has 2 rings (SSSR count). The lowest BCUT2D eigenvalue weighted by molar-refractivity contribution is -0.176. The van der Waals surface area contributed by atoms with E-state index in [0.29, 0.717) is 0 Å². The normalized spacial score (nSPS) is 20.6. The highest BCUT2D eigenvalue weighted by Gasteiger charge is 2.48. The molecular weight excluding hydrogens is 402 g/mol. The first-order valence-electron chi connectivity index (χ1n) is 7.78. The van der Waals surface area contributed by atoms with Crippen LogP contribution in [0.5, 0.6) is 0 Å². The van der Waals surface area contributed by atoms with Crippen molar-refractivity contribution in [3.63, 3.8) is 0 Å². The summed E-state index contributed by atoms with van der Waals surface area (Å²) in [6, 6.07) is 3.44. The van der Waals surface area contributed by atoms with E-state index in [1.807, 2.05) is 0 Å². The number of benzene rings is 1. The van der Waals surface area contributed by atoms with Gasteiger partial charge in [-0.15, -0.1) is 0 Å². The summed E-state index contributed by atoms with van der Waals surface area (Å²) < 4.78 is 24.1. The summed E-state index contributed by atoms with van der Waals surface area (Å²) in [5.74, 6) is -6.99. The van der Waals surface area contributed by atoms with Gasteiger partial charge in [-0.25, -0.2) is 0 Å². The molecule has 0 saturated heterocycles. The second-order valence-corrected chi connectivity index (χ2v) is 6.61. The van der Waals surface area contributed by atoms with E-state index in [9.17, 15) is 18.8 Å². The fraction of sp³-hybridized carbons (Fsp3) is 0.353. The number of carbonyl (C=O) groups excluding carboxylic acids is 3. The third kappa shape index (κ3) is 4.97. The molecular formula is C17H17Cl2FN2O5. The molecule has 146 valence electrons. The SMILES string of the molecule is COC(=O)[C@@H]1C=C[C@H](NC(=O)C(F)(OC)C(=O)Nc2cc(Cl)cc(Cl)c2)C1. The topological polar surface area (TPSA) is 93.7 Å². The van der Waals surface area contributed by atoms with Crippen LogP contribution in [0.1, 0.15) is 6.42 Å². The van der Waals surface area contributed by atoms with Crippen LogP contribution in [0.3, 0.4) is 0 Å². The van der Waals surface area contributed by atoms with Gasteiger partial charge in [-0.2, -0.15) is 4.39 Å². The van der Waals surface area contributed by atoms with Gasteiger partial charge in [0, 0.05) is 28.9 Å². The Morgan fingerprint density at radius 2 is 1.74 bits per heavy atom. The van der Waals surface area contributed by atoms with Gasteiger partial charge < -0.3 is 20.1 Å². The van der Waals surface area contributed by atoms with Crippen LogP contribution in [-0.2, 0) is 23.9 Å². The Morgan fingerprint density at radius 3 is 2.30 bits per heavy atom. The molecule has 2 amide bonds. The minimum Gasteiger partial charge on any atom is -0.469 e. The van der Waals surface area contributed by atoms with E-state index in [1.54, 1.807) is 0 Å². The molecule has 1 aliphatic rings. The lowest BCUT2D eigenvalue weighted by Crippen LogP contribution is -2.55. The van der Waals surface area contributed by atoms with E-state index in [1.165, 1.54) is 37.5 Å². The second kappa shape index (κ2) is 8.69. The van der Waals surface area contributed by atoms with Crippen LogP contribution in [0.25, 0.3) is 0 Å². The summed E-state index contributed by atoms with van der Waals surface area (Å²) in [4.78, 5) is 36.1. The number of amides is 2. The fourth-order valence-corrected chi connectivity index (χ4v) is 3.05. The number of esters is 1. The van der Waals surface area contributed by atoms with E-state index < -0.39 is 35.6 Å². The van der Waals surface area contributed by atoms with E-state index in [-0.39, 0.29) is 22.2 Å². The molecule has 27 heavy (non-hydrogen) atoms. The smallest absolute Gasteiger partial charge is 0.367 e. The van der Waals surface area contributed by atoms with Crippen LogP contribution >= 0.6 is 23.2 Å². The highest BCUT2D eigenvalue weighted by molar-refractivity contribution is 6.35. The number of hydrogen-bond acceptors (Lipinski definition) is 5. The van der Waals surface area contributed by atoms with Crippen molar-refractivity contribution < 1.29 is 28.2 Å². The maximum absolute atomic E-state index is 14.9. The molecule has 0 saturated carbocycles. The van der Waals surface area contributed by atoms with E-state index in [2.05, 4.69) is 20.1 Å². The number of anilines is 1. The van der Waals surface area contributed by atoms with Crippen molar-refractivity contribution in [1.82, 2.24) is 5.32 Å². The maximum Gasteiger partial charge on any atom is 0.367 e.